The molecule has 0 radical (unpaired) electrons. The largest absolute Gasteiger partial charge is 0.497 e. The molecule has 0 bridgehead atoms. The molecule has 5 nitrogen and oxygen atoms in total. The van der Waals surface area contributed by atoms with Crippen molar-refractivity contribution in [3.63, 3.8) is 0 Å². The van der Waals surface area contributed by atoms with Gasteiger partial charge in [0.2, 0.25) is 0 Å². The van der Waals surface area contributed by atoms with Crippen molar-refractivity contribution < 1.29 is 9.47 Å². The number of benzene rings is 1. The monoisotopic (exact) mass is 371 g/mol. The van der Waals surface area contributed by atoms with Gasteiger partial charge >= 0.3 is 6.01 Å². The first-order valence-corrected chi connectivity index (χ1v) is 6.74. The molecule has 0 atom stereocenters. The number of nitrogens with zero attached hydrogens (tertiary/aromatic N) is 2. The molecule has 6 heteroatoms. The quantitative estimate of drug-likeness (QED) is 0.820. The van der Waals surface area contributed by atoms with Gasteiger partial charge in [-0.1, -0.05) is 12.1 Å². The summed E-state index contributed by atoms with van der Waals surface area (Å²) in [6.07, 6.45) is 1.72. The standard InChI is InChI=1S/C13H14IN3O2/c1-18-10-5-3-9(4-6-10)7-15-12-11(14)8-16-13(17-12)19-2/h3-6,8H,7H2,1-2H3,(H,15,16,17). The Morgan fingerprint density at radius 3 is 2.53 bits per heavy atom. The highest BCUT2D eigenvalue weighted by Gasteiger charge is 2.04. The summed E-state index contributed by atoms with van der Waals surface area (Å²) in [5, 5.41) is 3.26. The molecule has 1 aromatic carbocycles. The van der Waals surface area contributed by atoms with E-state index in [1.54, 1.807) is 20.4 Å². The lowest BCUT2D eigenvalue weighted by atomic mass is 10.2. The third kappa shape index (κ3) is 3.69. The Kier molecular flexibility index (Phi) is 4.78. The van der Waals surface area contributed by atoms with Crippen molar-refractivity contribution in [2.45, 2.75) is 6.54 Å². The summed E-state index contributed by atoms with van der Waals surface area (Å²) in [7, 11) is 3.21. The second-order valence-corrected chi connectivity index (χ2v) is 4.92. The lowest BCUT2D eigenvalue weighted by Crippen LogP contribution is -2.05. The number of hydrogen-bond acceptors (Lipinski definition) is 5. The maximum Gasteiger partial charge on any atom is 0.318 e. The van der Waals surface area contributed by atoms with Crippen molar-refractivity contribution >= 4 is 28.4 Å². The van der Waals surface area contributed by atoms with Gasteiger partial charge in [-0.25, -0.2) is 4.98 Å². The van der Waals surface area contributed by atoms with Crippen LogP contribution >= 0.6 is 22.6 Å². The van der Waals surface area contributed by atoms with E-state index in [2.05, 4.69) is 37.9 Å². The maximum atomic E-state index is 5.12. The summed E-state index contributed by atoms with van der Waals surface area (Å²) in [4.78, 5) is 8.30. The van der Waals surface area contributed by atoms with Crippen molar-refractivity contribution in [3.8, 4) is 11.8 Å². The van der Waals surface area contributed by atoms with Gasteiger partial charge < -0.3 is 14.8 Å². The molecule has 2 aromatic rings. The Morgan fingerprint density at radius 1 is 1.16 bits per heavy atom. The van der Waals surface area contributed by atoms with E-state index in [0.717, 1.165) is 20.7 Å². The zero-order chi connectivity index (χ0) is 13.7. The van der Waals surface area contributed by atoms with Gasteiger partial charge in [-0.15, -0.1) is 0 Å². The van der Waals surface area contributed by atoms with Crippen molar-refractivity contribution in [2.75, 3.05) is 19.5 Å². The van der Waals surface area contributed by atoms with Crippen LogP contribution in [0.5, 0.6) is 11.8 Å². The molecule has 0 amide bonds. The molecule has 0 spiro atoms. The van der Waals surface area contributed by atoms with Gasteiger partial charge in [-0.05, 0) is 40.3 Å². The molecule has 0 saturated heterocycles. The number of hydrogen-bond donors (Lipinski definition) is 1. The fraction of sp³-hybridized carbons (Fsp3) is 0.231. The van der Waals surface area contributed by atoms with Crippen LogP contribution in [0.3, 0.4) is 0 Å². The van der Waals surface area contributed by atoms with Crippen LogP contribution in [0, 0.1) is 3.57 Å². The Labute approximate surface area is 125 Å². The van der Waals surface area contributed by atoms with E-state index in [0.29, 0.717) is 12.6 Å². The first kappa shape index (κ1) is 13.9. The number of halogens is 1. The molecular weight excluding hydrogens is 357 g/mol. The topological polar surface area (TPSA) is 56.3 Å². The van der Waals surface area contributed by atoms with E-state index in [1.807, 2.05) is 24.3 Å². The Bertz CT molecular complexity index is 546. The van der Waals surface area contributed by atoms with Crippen LogP contribution in [0.1, 0.15) is 5.56 Å². The fourth-order valence-corrected chi connectivity index (χ4v) is 1.95. The first-order chi connectivity index (χ1) is 9.22. The molecule has 19 heavy (non-hydrogen) atoms. The van der Waals surface area contributed by atoms with Gasteiger partial charge in [-0.2, -0.15) is 4.98 Å². The van der Waals surface area contributed by atoms with Gasteiger partial charge in [0.25, 0.3) is 0 Å². The number of aromatic nitrogens is 2. The van der Waals surface area contributed by atoms with Crippen LogP contribution in [0.2, 0.25) is 0 Å². The molecule has 1 N–H and O–H groups in total. The van der Waals surface area contributed by atoms with E-state index in [9.17, 15) is 0 Å². The number of rotatable bonds is 5. The maximum absolute atomic E-state index is 5.12. The second-order valence-electron chi connectivity index (χ2n) is 3.75. The van der Waals surface area contributed by atoms with Crippen molar-refractivity contribution in [1.29, 1.82) is 0 Å². The van der Waals surface area contributed by atoms with Gasteiger partial charge in [0, 0.05) is 12.7 Å². The van der Waals surface area contributed by atoms with Gasteiger partial charge in [0.15, 0.2) is 0 Å². The molecule has 100 valence electrons. The molecule has 2 rings (SSSR count). The van der Waals surface area contributed by atoms with Crippen LogP contribution in [-0.2, 0) is 6.54 Å². The third-order valence-corrected chi connectivity index (χ3v) is 3.31. The SMILES string of the molecule is COc1ccc(CNc2nc(OC)ncc2I)cc1. The van der Waals surface area contributed by atoms with Crippen LogP contribution in [0.4, 0.5) is 5.82 Å². The Hall–Kier alpha value is -1.57. The van der Waals surface area contributed by atoms with E-state index >= 15 is 0 Å². The number of nitrogens with one attached hydrogen (secondary N) is 1. The third-order valence-electron chi connectivity index (χ3n) is 2.52. The first-order valence-electron chi connectivity index (χ1n) is 5.66. The molecule has 0 aliphatic heterocycles. The van der Waals surface area contributed by atoms with E-state index < -0.39 is 0 Å². The Morgan fingerprint density at radius 2 is 1.89 bits per heavy atom. The summed E-state index contributed by atoms with van der Waals surface area (Å²) in [6, 6.07) is 8.25. The van der Waals surface area contributed by atoms with Gasteiger partial charge in [-0.3, -0.25) is 0 Å². The van der Waals surface area contributed by atoms with Crippen molar-refractivity contribution in [3.05, 3.63) is 39.6 Å². The van der Waals surface area contributed by atoms with E-state index in [4.69, 9.17) is 9.47 Å². The van der Waals surface area contributed by atoms with Crippen molar-refractivity contribution in [2.24, 2.45) is 0 Å². The molecular formula is C13H14IN3O2. The minimum Gasteiger partial charge on any atom is -0.497 e. The normalized spacial score (nSPS) is 10.1. The average Bonchev–Trinajstić information content (AvgIpc) is 2.47. The second kappa shape index (κ2) is 6.55. The predicted octanol–water partition coefficient (Wildman–Crippen LogP) is 2.71. The molecule has 0 unspecified atom stereocenters. The predicted molar refractivity (Wildman–Crippen MR) is 81.6 cm³/mol. The zero-order valence-corrected chi connectivity index (χ0v) is 12.8. The average molecular weight is 371 g/mol. The number of methoxy groups -OCH3 is 2. The minimum atomic E-state index is 0.359. The summed E-state index contributed by atoms with van der Waals surface area (Å²) in [5.41, 5.74) is 1.15. The molecule has 0 aliphatic rings. The summed E-state index contributed by atoms with van der Waals surface area (Å²) in [6.45, 7) is 0.681. The highest BCUT2D eigenvalue weighted by Crippen LogP contribution is 2.18. The lowest BCUT2D eigenvalue weighted by Gasteiger charge is -2.09. The van der Waals surface area contributed by atoms with Gasteiger partial charge in [0.1, 0.15) is 11.6 Å². The smallest absolute Gasteiger partial charge is 0.318 e. The van der Waals surface area contributed by atoms with Crippen LogP contribution < -0.4 is 14.8 Å². The fourth-order valence-electron chi connectivity index (χ4n) is 1.50. The van der Waals surface area contributed by atoms with Gasteiger partial charge in [0.05, 0.1) is 17.8 Å². The molecule has 0 saturated carbocycles. The Balaban J connectivity index is 2.05. The summed E-state index contributed by atoms with van der Waals surface area (Å²) < 4.78 is 11.1. The summed E-state index contributed by atoms with van der Waals surface area (Å²) >= 11 is 2.18. The number of anilines is 1. The molecule has 1 aromatic heterocycles. The highest BCUT2D eigenvalue weighted by atomic mass is 127. The highest BCUT2D eigenvalue weighted by molar-refractivity contribution is 14.1. The molecule has 0 fully saturated rings. The van der Waals surface area contributed by atoms with Crippen LogP contribution in [0.15, 0.2) is 30.5 Å². The number of ether oxygens (including phenoxy) is 2. The van der Waals surface area contributed by atoms with E-state index in [1.165, 1.54) is 0 Å². The van der Waals surface area contributed by atoms with Crippen molar-refractivity contribution in [1.82, 2.24) is 9.97 Å². The zero-order valence-electron chi connectivity index (χ0n) is 10.7. The van der Waals surface area contributed by atoms with Crippen LogP contribution in [0.25, 0.3) is 0 Å². The minimum absolute atomic E-state index is 0.359. The molecule has 1 heterocycles. The summed E-state index contributed by atoms with van der Waals surface area (Å²) in [5.74, 6) is 1.62. The molecule has 0 aliphatic carbocycles. The lowest BCUT2D eigenvalue weighted by molar-refractivity contribution is 0.380. The van der Waals surface area contributed by atoms with Crippen LogP contribution in [-0.4, -0.2) is 24.2 Å². The van der Waals surface area contributed by atoms with E-state index in [-0.39, 0.29) is 0 Å².